The van der Waals surface area contributed by atoms with Gasteiger partial charge in [0.1, 0.15) is 5.79 Å². The Balaban J connectivity index is 2.67. The second-order valence-electron chi connectivity index (χ2n) is 4.72. The fourth-order valence-electron chi connectivity index (χ4n) is 2.25. The van der Waals surface area contributed by atoms with E-state index in [0.29, 0.717) is 6.42 Å². The topological polar surface area (TPSA) is 42.2 Å². The quantitative estimate of drug-likeness (QED) is 0.711. The fourth-order valence-corrected chi connectivity index (χ4v) is 5.64. The van der Waals surface area contributed by atoms with E-state index in [1.165, 1.54) is 12.5 Å². The monoisotopic (exact) mass is 243 g/mol. The molecule has 3 nitrogen and oxygen atoms in total. The van der Waals surface area contributed by atoms with Crippen molar-refractivity contribution in [1.29, 1.82) is 5.26 Å². The summed E-state index contributed by atoms with van der Waals surface area (Å²) in [6.45, 7) is 6.61. The van der Waals surface area contributed by atoms with Crippen LogP contribution in [0.3, 0.4) is 0 Å². The summed E-state index contributed by atoms with van der Waals surface area (Å²) in [5, 5.41) is 8.67. The van der Waals surface area contributed by atoms with Crippen LogP contribution in [-0.4, -0.2) is 23.9 Å². The van der Waals surface area contributed by atoms with Crippen LogP contribution < -0.4 is 0 Å². The molecule has 0 aliphatic carbocycles. The molecule has 0 N–H and O–H groups in total. The van der Waals surface area contributed by atoms with E-state index >= 15 is 0 Å². The molecule has 1 aliphatic rings. The zero-order chi connectivity index (χ0) is 11.4. The Morgan fingerprint density at radius 3 is 2.87 bits per heavy atom. The maximum Gasteiger partial charge on any atom is 0.190 e. The first-order valence-corrected chi connectivity index (χ1v) is 10.9. The molecule has 0 radical (unpaired) electrons. The number of nitriles is 1. The van der Waals surface area contributed by atoms with Crippen LogP contribution in [0.1, 0.15) is 25.7 Å². The Kier molecular flexibility index (Phi) is 4.52. The Morgan fingerprint density at radius 2 is 2.33 bits per heavy atom. The Bertz CT molecular complexity index is 248. The first-order chi connectivity index (χ1) is 7.04. The average Bonchev–Trinajstić information content (AvgIpc) is 2.14. The second kappa shape index (κ2) is 5.26. The van der Waals surface area contributed by atoms with Crippen LogP contribution in [-0.2, 0) is 8.85 Å². The first kappa shape index (κ1) is 12.9. The number of hydrogen-bond donors (Lipinski definition) is 0. The van der Waals surface area contributed by atoms with Crippen LogP contribution in [0.2, 0.25) is 25.7 Å². The van der Waals surface area contributed by atoms with E-state index in [9.17, 15) is 0 Å². The van der Waals surface area contributed by atoms with Gasteiger partial charge in [-0.25, -0.2) is 0 Å². The molecule has 1 saturated heterocycles. The van der Waals surface area contributed by atoms with Crippen LogP contribution in [0, 0.1) is 11.3 Å². The number of nitrogens with zero attached hydrogens (tertiary/aromatic N) is 1. The van der Waals surface area contributed by atoms with Gasteiger partial charge in [-0.05, 0) is 32.0 Å². The SMILES string of the molecule is C[SiH2]OC1(CCC#N)CCC[Si](C)(C)O1. The van der Waals surface area contributed by atoms with Crippen molar-refractivity contribution in [2.75, 3.05) is 0 Å². The van der Waals surface area contributed by atoms with Gasteiger partial charge in [0.15, 0.2) is 18.1 Å². The molecule has 0 bridgehead atoms. The second-order valence-corrected chi connectivity index (χ2v) is 9.81. The maximum absolute atomic E-state index is 8.67. The molecule has 1 fully saturated rings. The predicted octanol–water partition coefficient (Wildman–Crippen LogP) is 2.15. The third kappa shape index (κ3) is 3.72. The van der Waals surface area contributed by atoms with Crippen LogP contribution in [0.15, 0.2) is 0 Å². The highest BCUT2D eigenvalue weighted by Crippen LogP contribution is 2.37. The van der Waals surface area contributed by atoms with Crippen LogP contribution in [0.5, 0.6) is 0 Å². The van der Waals surface area contributed by atoms with Crippen molar-refractivity contribution in [3.8, 4) is 6.07 Å². The van der Waals surface area contributed by atoms with Gasteiger partial charge in [-0.1, -0.05) is 6.55 Å². The molecule has 15 heavy (non-hydrogen) atoms. The molecule has 0 saturated carbocycles. The molecular formula is C10H21NO2Si2. The molecule has 1 rings (SSSR count). The molecule has 0 aromatic carbocycles. The van der Waals surface area contributed by atoms with Crippen molar-refractivity contribution in [2.24, 2.45) is 0 Å². The lowest BCUT2D eigenvalue weighted by atomic mass is 10.1. The molecule has 0 amide bonds. The third-order valence-corrected chi connectivity index (χ3v) is 6.12. The summed E-state index contributed by atoms with van der Waals surface area (Å²) in [7, 11) is -2.00. The van der Waals surface area contributed by atoms with Gasteiger partial charge in [0.05, 0.1) is 6.07 Å². The summed E-state index contributed by atoms with van der Waals surface area (Å²) in [6, 6.07) is 3.41. The van der Waals surface area contributed by atoms with Crippen LogP contribution in [0.25, 0.3) is 0 Å². The van der Waals surface area contributed by atoms with Gasteiger partial charge in [-0.2, -0.15) is 5.26 Å². The van der Waals surface area contributed by atoms with Gasteiger partial charge < -0.3 is 8.85 Å². The van der Waals surface area contributed by atoms with Gasteiger partial charge >= 0.3 is 0 Å². The van der Waals surface area contributed by atoms with Gasteiger partial charge in [0.2, 0.25) is 0 Å². The fraction of sp³-hybridized carbons (Fsp3) is 0.900. The highest BCUT2D eigenvalue weighted by Gasteiger charge is 2.41. The molecule has 1 aliphatic heterocycles. The van der Waals surface area contributed by atoms with Crippen LogP contribution in [0.4, 0.5) is 0 Å². The Morgan fingerprint density at radius 1 is 1.60 bits per heavy atom. The van der Waals surface area contributed by atoms with E-state index < -0.39 is 18.1 Å². The largest absolute Gasteiger partial charge is 0.398 e. The summed E-state index contributed by atoms with van der Waals surface area (Å²) >= 11 is 0. The molecule has 0 spiro atoms. The summed E-state index contributed by atoms with van der Waals surface area (Å²) in [5.74, 6) is -0.384. The summed E-state index contributed by atoms with van der Waals surface area (Å²) < 4.78 is 12.1. The lowest BCUT2D eigenvalue weighted by Gasteiger charge is -2.44. The molecule has 1 unspecified atom stereocenters. The molecule has 5 heteroatoms. The molecule has 1 atom stereocenters. The standard InChI is InChI=1S/C10H21NO2Si2/c1-14-12-10(6-4-8-11)7-5-9-15(2,3)13-10/h4-7,9,14H2,1-3H3. The van der Waals surface area contributed by atoms with Crippen molar-refractivity contribution in [2.45, 2.75) is 57.2 Å². The minimum atomic E-state index is -1.53. The van der Waals surface area contributed by atoms with Crippen molar-refractivity contribution < 1.29 is 8.85 Å². The maximum atomic E-state index is 8.67. The average molecular weight is 243 g/mol. The Labute approximate surface area is 95.8 Å². The van der Waals surface area contributed by atoms with Crippen molar-refractivity contribution in [3.63, 3.8) is 0 Å². The smallest absolute Gasteiger partial charge is 0.190 e. The Hall–Kier alpha value is -0.156. The zero-order valence-corrected chi connectivity index (χ0v) is 12.4. The van der Waals surface area contributed by atoms with Gasteiger partial charge in [-0.3, -0.25) is 0 Å². The van der Waals surface area contributed by atoms with Gasteiger partial charge in [-0.15, -0.1) is 0 Å². The molecule has 1 heterocycles. The van der Waals surface area contributed by atoms with E-state index in [1.807, 2.05) is 0 Å². The van der Waals surface area contributed by atoms with E-state index in [0.717, 1.165) is 12.8 Å². The molecule has 0 aromatic rings. The lowest BCUT2D eigenvalue weighted by Crippen LogP contribution is -2.50. The first-order valence-electron chi connectivity index (χ1n) is 5.75. The molecule has 86 valence electrons. The number of hydrogen-bond acceptors (Lipinski definition) is 3. The van der Waals surface area contributed by atoms with Crippen molar-refractivity contribution in [1.82, 2.24) is 0 Å². The zero-order valence-electron chi connectivity index (χ0n) is 10.0. The normalized spacial score (nSPS) is 30.5. The van der Waals surface area contributed by atoms with Crippen LogP contribution >= 0.6 is 0 Å². The highest BCUT2D eigenvalue weighted by molar-refractivity contribution is 6.71. The third-order valence-electron chi connectivity index (χ3n) is 2.82. The predicted molar refractivity (Wildman–Crippen MR) is 65.7 cm³/mol. The molecular weight excluding hydrogens is 222 g/mol. The highest BCUT2D eigenvalue weighted by atomic mass is 28.4. The molecule has 0 aromatic heterocycles. The summed E-state index contributed by atoms with van der Waals surface area (Å²) in [5.41, 5.74) is 0. The lowest BCUT2D eigenvalue weighted by molar-refractivity contribution is -0.140. The van der Waals surface area contributed by atoms with Crippen molar-refractivity contribution in [3.05, 3.63) is 0 Å². The van der Waals surface area contributed by atoms with E-state index in [1.54, 1.807) is 0 Å². The van der Waals surface area contributed by atoms with Gasteiger partial charge in [0, 0.05) is 12.8 Å². The van der Waals surface area contributed by atoms with Crippen molar-refractivity contribution >= 4 is 18.1 Å². The number of rotatable bonds is 4. The van der Waals surface area contributed by atoms with E-state index in [-0.39, 0.29) is 5.79 Å². The van der Waals surface area contributed by atoms with E-state index in [2.05, 4.69) is 25.7 Å². The summed E-state index contributed by atoms with van der Waals surface area (Å²) in [4.78, 5) is 0. The van der Waals surface area contributed by atoms with Gasteiger partial charge in [0.25, 0.3) is 0 Å². The summed E-state index contributed by atoms with van der Waals surface area (Å²) in [6.07, 6.45) is 3.46. The minimum Gasteiger partial charge on any atom is -0.398 e. The van der Waals surface area contributed by atoms with E-state index in [4.69, 9.17) is 14.1 Å². The minimum absolute atomic E-state index is 0.384.